The highest BCUT2D eigenvalue weighted by Crippen LogP contribution is 2.29. The van der Waals surface area contributed by atoms with E-state index >= 15 is 0 Å². The Bertz CT molecular complexity index is 993. The molecule has 0 radical (unpaired) electrons. The van der Waals surface area contributed by atoms with Gasteiger partial charge >= 0.3 is 0 Å². The lowest BCUT2D eigenvalue weighted by Gasteiger charge is -2.28. The van der Waals surface area contributed by atoms with E-state index in [0.717, 1.165) is 9.71 Å². The summed E-state index contributed by atoms with van der Waals surface area (Å²) >= 11 is 0. The van der Waals surface area contributed by atoms with Crippen LogP contribution in [0.3, 0.4) is 0 Å². The third kappa shape index (κ3) is 3.47. The van der Waals surface area contributed by atoms with Crippen LogP contribution in [0, 0.1) is 0 Å². The number of imidazole rings is 1. The molecule has 0 amide bonds. The first kappa shape index (κ1) is 17.7. The Morgan fingerprint density at radius 2 is 1.92 bits per heavy atom. The van der Waals surface area contributed by atoms with Crippen LogP contribution in [0.25, 0.3) is 0 Å². The van der Waals surface area contributed by atoms with Crippen LogP contribution in [0.15, 0.2) is 59.4 Å². The van der Waals surface area contributed by atoms with Crippen LogP contribution in [-0.2, 0) is 19.9 Å². The molecule has 1 aliphatic heterocycles. The van der Waals surface area contributed by atoms with Crippen molar-refractivity contribution in [1.82, 2.24) is 9.55 Å². The molecule has 0 unspecified atom stereocenters. The molecule has 7 nitrogen and oxygen atoms in total. The molecule has 0 N–H and O–H groups in total. The van der Waals surface area contributed by atoms with Crippen molar-refractivity contribution >= 4 is 25.5 Å². The van der Waals surface area contributed by atoms with Crippen molar-refractivity contribution in [2.75, 3.05) is 10.1 Å². The zero-order chi connectivity index (χ0) is 18.2. The van der Waals surface area contributed by atoms with Crippen LogP contribution in [-0.4, -0.2) is 38.2 Å². The van der Waals surface area contributed by atoms with Gasteiger partial charge in [-0.05, 0) is 32.1 Å². The second-order valence-electron chi connectivity index (χ2n) is 6.11. The molecular formula is C16H19N3O4S2. The minimum Gasteiger partial charge on any atom is -0.334 e. The average Bonchev–Trinajstić information content (AvgIpc) is 3.16. The van der Waals surface area contributed by atoms with Gasteiger partial charge in [0.25, 0.3) is 10.0 Å². The Morgan fingerprint density at radius 3 is 2.44 bits per heavy atom. The molecule has 0 fully saturated rings. The number of benzene rings is 1. The van der Waals surface area contributed by atoms with Crippen molar-refractivity contribution in [3.63, 3.8) is 0 Å². The molecule has 2 heterocycles. The minimum atomic E-state index is -4.01. The molecule has 0 saturated carbocycles. The Morgan fingerprint density at radius 1 is 1.24 bits per heavy atom. The second kappa shape index (κ2) is 6.30. The second-order valence-corrected chi connectivity index (χ2v) is 9.81. The predicted octanol–water partition coefficient (Wildman–Crippen LogP) is 1.97. The van der Waals surface area contributed by atoms with Gasteiger partial charge in [-0.2, -0.15) is 8.42 Å². The molecule has 25 heavy (non-hydrogen) atoms. The summed E-state index contributed by atoms with van der Waals surface area (Å²) < 4.78 is 52.8. The van der Waals surface area contributed by atoms with Crippen LogP contribution in [0.1, 0.15) is 19.9 Å². The smallest absolute Gasteiger partial charge is 0.283 e. The summed E-state index contributed by atoms with van der Waals surface area (Å²) in [6.07, 6.45) is 4.32. The van der Waals surface area contributed by atoms with E-state index in [-0.39, 0.29) is 16.8 Å². The minimum absolute atomic E-state index is 0.0633. The number of hydrogen-bond acceptors (Lipinski definition) is 5. The Labute approximate surface area is 147 Å². The van der Waals surface area contributed by atoms with Gasteiger partial charge in [-0.15, -0.1) is 0 Å². The van der Waals surface area contributed by atoms with E-state index < -0.39 is 25.9 Å². The lowest BCUT2D eigenvalue weighted by atomic mass is 10.2. The fourth-order valence-corrected chi connectivity index (χ4v) is 5.52. The molecule has 0 spiro atoms. The van der Waals surface area contributed by atoms with E-state index in [0.29, 0.717) is 5.69 Å². The molecule has 2 aromatic rings. The number of hydrogen-bond donors (Lipinski definition) is 0. The van der Waals surface area contributed by atoms with Gasteiger partial charge in [0, 0.05) is 17.6 Å². The Kier molecular flexibility index (Phi) is 4.46. The van der Waals surface area contributed by atoms with Crippen molar-refractivity contribution < 1.29 is 16.8 Å². The Balaban J connectivity index is 2.09. The van der Waals surface area contributed by atoms with Gasteiger partial charge in [-0.1, -0.05) is 18.2 Å². The summed E-state index contributed by atoms with van der Waals surface area (Å²) in [4.78, 5) is 4.02. The maximum absolute atomic E-state index is 13.2. The Hall–Kier alpha value is -2.13. The molecule has 1 aliphatic rings. The number of para-hydroxylation sites is 1. The first-order valence-corrected chi connectivity index (χ1v) is 10.9. The van der Waals surface area contributed by atoms with Crippen LogP contribution in [0.2, 0.25) is 0 Å². The van der Waals surface area contributed by atoms with E-state index in [2.05, 4.69) is 4.98 Å². The number of sulfonamides is 1. The first-order valence-electron chi connectivity index (χ1n) is 7.74. The molecule has 1 atom stereocenters. The van der Waals surface area contributed by atoms with Crippen molar-refractivity contribution in [2.45, 2.75) is 31.0 Å². The van der Waals surface area contributed by atoms with E-state index in [4.69, 9.17) is 0 Å². The number of nitrogens with zero attached hydrogens (tertiary/aromatic N) is 3. The monoisotopic (exact) mass is 381 g/mol. The highest BCUT2D eigenvalue weighted by atomic mass is 32.2. The zero-order valence-corrected chi connectivity index (χ0v) is 15.5. The number of rotatable bonds is 5. The van der Waals surface area contributed by atoms with Crippen LogP contribution in [0.4, 0.5) is 5.69 Å². The molecule has 1 aromatic heterocycles. The topological polar surface area (TPSA) is 89.3 Å². The first-order chi connectivity index (χ1) is 11.7. The van der Waals surface area contributed by atoms with Gasteiger partial charge in [0.1, 0.15) is 0 Å². The maximum atomic E-state index is 13.2. The van der Waals surface area contributed by atoms with Gasteiger partial charge in [-0.3, -0.25) is 4.31 Å². The number of anilines is 1. The zero-order valence-electron chi connectivity index (χ0n) is 13.8. The van der Waals surface area contributed by atoms with Crippen molar-refractivity contribution in [1.29, 1.82) is 0 Å². The van der Waals surface area contributed by atoms with Gasteiger partial charge in [0.05, 0.1) is 23.8 Å². The summed E-state index contributed by atoms with van der Waals surface area (Å²) in [5, 5.41) is 0.957. The summed E-state index contributed by atoms with van der Waals surface area (Å²) in [6, 6.07) is 7.71. The molecule has 0 aliphatic carbocycles. The van der Waals surface area contributed by atoms with Gasteiger partial charge in [0.15, 0.2) is 14.9 Å². The third-order valence-electron chi connectivity index (χ3n) is 3.92. The fourth-order valence-electron chi connectivity index (χ4n) is 2.62. The van der Waals surface area contributed by atoms with Crippen molar-refractivity contribution in [3.05, 3.63) is 54.3 Å². The normalized spacial score (nSPS) is 19.4. The summed E-state index contributed by atoms with van der Waals surface area (Å²) in [6.45, 7) is 3.83. The highest BCUT2D eigenvalue weighted by Gasteiger charge is 2.37. The maximum Gasteiger partial charge on any atom is 0.283 e. The third-order valence-corrected chi connectivity index (χ3v) is 7.04. The van der Waals surface area contributed by atoms with Gasteiger partial charge in [-0.25, -0.2) is 13.4 Å². The van der Waals surface area contributed by atoms with Gasteiger partial charge in [0.2, 0.25) is 0 Å². The molecule has 0 saturated heterocycles. The van der Waals surface area contributed by atoms with Crippen molar-refractivity contribution in [3.8, 4) is 0 Å². The average molecular weight is 381 g/mol. The van der Waals surface area contributed by atoms with Crippen LogP contribution < -0.4 is 4.31 Å². The van der Waals surface area contributed by atoms with E-state index in [9.17, 15) is 16.8 Å². The molecule has 0 bridgehead atoms. The van der Waals surface area contributed by atoms with Crippen LogP contribution in [0.5, 0.6) is 0 Å². The summed E-state index contributed by atoms with van der Waals surface area (Å²) in [5.41, 5.74) is 0.397. The number of aromatic nitrogens is 2. The molecule has 9 heteroatoms. The summed E-state index contributed by atoms with van der Waals surface area (Å²) in [7, 11) is -7.43. The fraction of sp³-hybridized carbons (Fsp3) is 0.312. The van der Waals surface area contributed by atoms with E-state index in [1.165, 1.54) is 18.6 Å². The van der Waals surface area contributed by atoms with Crippen LogP contribution >= 0.6 is 0 Å². The van der Waals surface area contributed by atoms with E-state index in [1.54, 1.807) is 34.9 Å². The molecule has 3 rings (SSSR count). The van der Waals surface area contributed by atoms with Gasteiger partial charge < -0.3 is 4.57 Å². The number of sulfone groups is 1. The lowest BCUT2D eigenvalue weighted by molar-refractivity contribution is 0.581. The SMILES string of the molecule is CC(C)n1cnc(S(=O)(=O)N(c2ccccc2)[C@@H]2C=CS(=O)(=O)C2)c1. The van der Waals surface area contributed by atoms with E-state index in [1.807, 2.05) is 13.8 Å². The molecule has 134 valence electrons. The van der Waals surface area contributed by atoms with Crippen molar-refractivity contribution in [2.24, 2.45) is 0 Å². The quantitative estimate of drug-likeness (QED) is 0.790. The molecule has 1 aromatic carbocycles. The largest absolute Gasteiger partial charge is 0.334 e. The lowest BCUT2D eigenvalue weighted by Crippen LogP contribution is -2.41. The summed E-state index contributed by atoms with van der Waals surface area (Å²) in [5.74, 6) is -0.286. The predicted molar refractivity (Wildman–Crippen MR) is 95.4 cm³/mol. The standard InChI is InChI=1S/C16H19N3O4S2/c1-13(2)18-10-16(17-12-18)25(22,23)19(14-6-4-3-5-7-14)15-8-9-24(20,21)11-15/h3-10,12-13,15H,11H2,1-2H3/t15-/m1/s1. The molecular weight excluding hydrogens is 362 g/mol. The highest BCUT2D eigenvalue weighted by molar-refractivity contribution is 7.95.